The number of nitro benzene ring substituents is 1. The third-order valence-electron chi connectivity index (χ3n) is 5.75. The van der Waals surface area contributed by atoms with Gasteiger partial charge in [-0.05, 0) is 48.7 Å². The van der Waals surface area contributed by atoms with Gasteiger partial charge in [-0.1, -0.05) is 30.3 Å². The molecule has 4 rings (SSSR count). The zero-order valence-electron chi connectivity index (χ0n) is 18.4. The Balaban J connectivity index is 1.55. The lowest BCUT2D eigenvalue weighted by Crippen LogP contribution is -2.30. The van der Waals surface area contributed by atoms with Gasteiger partial charge in [-0.2, -0.15) is 0 Å². The van der Waals surface area contributed by atoms with E-state index in [1.54, 1.807) is 0 Å². The second-order valence-corrected chi connectivity index (χ2v) is 9.52. The minimum atomic E-state index is -4.08. The summed E-state index contributed by atoms with van der Waals surface area (Å²) in [6, 6.07) is 19.1. The van der Waals surface area contributed by atoms with Crippen molar-refractivity contribution in [2.24, 2.45) is 0 Å². The largest absolute Gasteiger partial charge is 0.495 e. The van der Waals surface area contributed by atoms with Crippen molar-refractivity contribution in [3.63, 3.8) is 0 Å². The number of nitrogens with zero attached hydrogens (tertiary/aromatic N) is 2. The number of amides is 1. The van der Waals surface area contributed by atoms with Gasteiger partial charge in [-0.25, -0.2) is 8.42 Å². The predicted octanol–water partition coefficient (Wildman–Crippen LogP) is 4.38. The molecule has 0 aromatic heterocycles. The second-order valence-electron chi connectivity index (χ2n) is 7.84. The number of hydrogen-bond donors (Lipinski definition) is 1. The molecule has 1 amide bonds. The number of hydrogen-bond acceptors (Lipinski definition) is 6. The van der Waals surface area contributed by atoms with E-state index in [2.05, 4.69) is 4.72 Å². The topological polar surface area (TPSA) is 119 Å². The Morgan fingerprint density at radius 3 is 2.44 bits per heavy atom. The van der Waals surface area contributed by atoms with Crippen LogP contribution < -0.4 is 9.46 Å². The number of carbonyl (C=O) groups excluding carboxylic acids is 1. The van der Waals surface area contributed by atoms with E-state index >= 15 is 0 Å². The van der Waals surface area contributed by atoms with Gasteiger partial charge in [-0.15, -0.1) is 0 Å². The fourth-order valence-electron chi connectivity index (χ4n) is 4.07. The SMILES string of the molecule is COc1ccc([N+](=O)[O-])cc1NS(=O)(=O)c1ccc(C(=O)N2CCCC2c2ccccc2)cc1. The first kappa shape index (κ1) is 23.2. The monoisotopic (exact) mass is 481 g/mol. The molecule has 1 fully saturated rings. The summed E-state index contributed by atoms with van der Waals surface area (Å²) < 4.78 is 33.2. The molecule has 0 saturated carbocycles. The van der Waals surface area contributed by atoms with Gasteiger partial charge >= 0.3 is 0 Å². The lowest BCUT2D eigenvalue weighted by Gasteiger charge is -2.25. The second kappa shape index (κ2) is 9.52. The van der Waals surface area contributed by atoms with Crippen molar-refractivity contribution in [2.45, 2.75) is 23.8 Å². The van der Waals surface area contributed by atoms with Crippen molar-refractivity contribution >= 4 is 27.3 Å². The zero-order valence-corrected chi connectivity index (χ0v) is 19.2. The van der Waals surface area contributed by atoms with Crippen LogP contribution in [0.25, 0.3) is 0 Å². The molecule has 1 aliphatic heterocycles. The molecule has 0 bridgehead atoms. The van der Waals surface area contributed by atoms with Crippen LogP contribution in [0.3, 0.4) is 0 Å². The highest BCUT2D eigenvalue weighted by molar-refractivity contribution is 7.92. The van der Waals surface area contributed by atoms with Gasteiger partial charge in [0.1, 0.15) is 5.75 Å². The lowest BCUT2D eigenvalue weighted by molar-refractivity contribution is -0.384. The number of non-ortho nitro benzene ring substituents is 1. The van der Waals surface area contributed by atoms with Crippen LogP contribution in [0.4, 0.5) is 11.4 Å². The summed E-state index contributed by atoms with van der Waals surface area (Å²) in [6.07, 6.45) is 1.77. The molecule has 1 heterocycles. The third kappa shape index (κ3) is 4.72. The van der Waals surface area contributed by atoms with Crippen molar-refractivity contribution in [1.82, 2.24) is 4.90 Å². The molecular weight excluding hydrogens is 458 g/mol. The molecule has 1 unspecified atom stereocenters. The molecule has 3 aromatic carbocycles. The summed E-state index contributed by atoms with van der Waals surface area (Å²) in [6.45, 7) is 0.632. The first-order valence-corrected chi connectivity index (χ1v) is 12.1. The van der Waals surface area contributed by atoms with E-state index < -0.39 is 14.9 Å². The van der Waals surface area contributed by atoms with Gasteiger partial charge in [0.05, 0.1) is 28.7 Å². The molecule has 1 atom stereocenters. The Hall–Kier alpha value is -3.92. The number of methoxy groups -OCH3 is 1. The van der Waals surface area contributed by atoms with E-state index in [4.69, 9.17) is 4.74 Å². The molecular formula is C24H23N3O6S. The lowest BCUT2D eigenvalue weighted by atomic mass is 10.0. The molecule has 10 heteroatoms. The number of sulfonamides is 1. The normalized spacial score (nSPS) is 15.7. The van der Waals surface area contributed by atoms with Crippen molar-refractivity contribution in [1.29, 1.82) is 0 Å². The Morgan fingerprint density at radius 1 is 1.09 bits per heavy atom. The summed E-state index contributed by atoms with van der Waals surface area (Å²) in [5.74, 6) is -0.0226. The highest BCUT2D eigenvalue weighted by Gasteiger charge is 2.30. The summed E-state index contributed by atoms with van der Waals surface area (Å²) >= 11 is 0. The van der Waals surface area contributed by atoms with E-state index in [1.165, 1.54) is 43.5 Å². The van der Waals surface area contributed by atoms with Crippen molar-refractivity contribution in [2.75, 3.05) is 18.4 Å². The molecule has 34 heavy (non-hydrogen) atoms. The third-order valence-corrected chi connectivity index (χ3v) is 7.13. The molecule has 0 radical (unpaired) electrons. The van der Waals surface area contributed by atoms with E-state index in [0.717, 1.165) is 24.5 Å². The van der Waals surface area contributed by atoms with Gasteiger partial charge in [0.15, 0.2) is 0 Å². The van der Waals surface area contributed by atoms with Crippen molar-refractivity contribution in [3.05, 3.63) is 94.0 Å². The Morgan fingerprint density at radius 2 is 1.79 bits per heavy atom. The quantitative estimate of drug-likeness (QED) is 0.395. The summed E-state index contributed by atoms with van der Waals surface area (Å²) in [5, 5.41) is 11.1. The number of ether oxygens (including phenoxy) is 1. The van der Waals surface area contributed by atoms with Crippen LogP contribution in [0.15, 0.2) is 77.7 Å². The number of benzene rings is 3. The van der Waals surface area contributed by atoms with E-state index in [-0.39, 0.29) is 34.0 Å². The molecule has 0 spiro atoms. The van der Waals surface area contributed by atoms with E-state index in [0.29, 0.717) is 12.1 Å². The van der Waals surface area contributed by atoms with Crippen LogP contribution >= 0.6 is 0 Å². The Bertz CT molecular complexity index is 1310. The highest BCUT2D eigenvalue weighted by Crippen LogP contribution is 2.34. The molecule has 0 aliphatic carbocycles. The number of carbonyl (C=O) groups is 1. The van der Waals surface area contributed by atoms with Gasteiger partial charge in [0.25, 0.3) is 21.6 Å². The highest BCUT2D eigenvalue weighted by atomic mass is 32.2. The average Bonchev–Trinajstić information content (AvgIpc) is 3.34. The summed E-state index contributed by atoms with van der Waals surface area (Å²) in [5.41, 5.74) is 1.12. The fraction of sp³-hybridized carbons (Fsp3) is 0.208. The number of rotatable bonds is 7. The van der Waals surface area contributed by atoms with Gasteiger partial charge in [0, 0.05) is 24.2 Å². The van der Waals surface area contributed by atoms with Crippen LogP contribution in [-0.2, 0) is 10.0 Å². The number of nitrogens with one attached hydrogen (secondary N) is 1. The summed E-state index contributed by atoms with van der Waals surface area (Å²) in [4.78, 5) is 25.3. The zero-order chi connectivity index (χ0) is 24.3. The van der Waals surface area contributed by atoms with Crippen LogP contribution in [0.1, 0.15) is 34.8 Å². The van der Waals surface area contributed by atoms with Crippen molar-refractivity contribution < 1.29 is 22.9 Å². The standard InChI is InChI=1S/C24H23N3O6S/c1-33-23-14-11-19(27(29)30)16-21(23)25-34(31,32)20-12-9-18(10-13-20)24(28)26-15-5-8-22(26)17-6-3-2-4-7-17/h2-4,6-7,9-14,16,22,25H,5,8,15H2,1H3. The van der Waals surface area contributed by atoms with Crippen molar-refractivity contribution in [3.8, 4) is 5.75 Å². The number of anilines is 1. The maximum atomic E-state index is 13.1. The minimum absolute atomic E-state index is 0.0138. The van der Waals surface area contributed by atoms with Gasteiger partial charge in [-0.3, -0.25) is 19.6 Å². The maximum absolute atomic E-state index is 13.1. The fourth-order valence-corrected chi connectivity index (χ4v) is 5.13. The molecule has 1 aliphatic rings. The minimum Gasteiger partial charge on any atom is -0.495 e. The Kier molecular flexibility index (Phi) is 6.51. The van der Waals surface area contributed by atoms with E-state index in [9.17, 15) is 23.3 Å². The molecule has 9 nitrogen and oxygen atoms in total. The van der Waals surface area contributed by atoms with E-state index in [1.807, 2.05) is 35.2 Å². The summed E-state index contributed by atoms with van der Waals surface area (Å²) in [7, 11) is -2.75. The van der Waals surface area contributed by atoms with Crippen LogP contribution in [-0.4, -0.2) is 37.8 Å². The molecule has 176 valence electrons. The van der Waals surface area contributed by atoms with Crippen LogP contribution in [0.2, 0.25) is 0 Å². The molecule has 3 aromatic rings. The average molecular weight is 482 g/mol. The van der Waals surface area contributed by atoms with Crippen LogP contribution in [0, 0.1) is 10.1 Å². The predicted molar refractivity (Wildman–Crippen MR) is 126 cm³/mol. The maximum Gasteiger partial charge on any atom is 0.271 e. The first-order chi connectivity index (χ1) is 16.3. The smallest absolute Gasteiger partial charge is 0.271 e. The van der Waals surface area contributed by atoms with Gasteiger partial charge < -0.3 is 9.64 Å². The van der Waals surface area contributed by atoms with Gasteiger partial charge in [0.2, 0.25) is 0 Å². The molecule has 1 N–H and O–H groups in total. The first-order valence-electron chi connectivity index (χ1n) is 10.6. The Labute approximate surface area is 197 Å². The number of nitro groups is 1. The number of likely N-dealkylation sites (tertiary alicyclic amines) is 1. The van der Waals surface area contributed by atoms with Crippen LogP contribution in [0.5, 0.6) is 5.75 Å². The molecule has 1 saturated heterocycles.